The molecule has 0 aliphatic rings. The second kappa shape index (κ2) is 3.80. The van der Waals surface area contributed by atoms with Crippen LogP contribution in [-0.2, 0) is 7.05 Å². The summed E-state index contributed by atoms with van der Waals surface area (Å²) in [6, 6.07) is 6.01. The lowest BCUT2D eigenvalue weighted by atomic mass is 10.1. The van der Waals surface area contributed by atoms with Gasteiger partial charge in [-0.1, -0.05) is 0 Å². The second-order valence-electron chi connectivity index (χ2n) is 4.18. The molecule has 1 aromatic carbocycles. The predicted molar refractivity (Wildman–Crippen MR) is 71.5 cm³/mol. The minimum atomic E-state index is 0.642. The van der Waals surface area contributed by atoms with E-state index in [1.165, 1.54) is 0 Å². The zero-order chi connectivity index (χ0) is 12.7. The average molecular weight is 242 g/mol. The van der Waals surface area contributed by atoms with E-state index in [-0.39, 0.29) is 0 Å². The highest BCUT2D eigenvalue weighted by molar-refractivity contribution is 5.92. The van der Waals surface area contributed by atoms with Gasteiger partial charge in [0, 0.05) is 29.7 Å². The lowest BCUT2D eigenvalue weighted by Gasteiger charge is -2.06. The summed E-state index contributed by atoms with van der Waals surface area (Å²) < 4.78 is 7.06. The third-order valence-electron chi connectivity index (χ3n) is 3.15. The number of methoxy groups -OCH3 is 1. The van der Waals surface area contributed by atoms with Crippen LogP contribution in [0.1, 0.15) is 0 Å². The minimum Gasteiger partial charge on any atom is -0.496 e. The number of hydrogen-bond donors (Lipinski definition) is 2. The molecule has 0 radical (unpaired) electrons. The number of hydrogen-bond acceptors (Lipinski definition) is 3. The number of benzene rings is 1. The van der Waals surface area contributed by atoms with Crippen molar-refractivity contribution in [3.8, 4) is 16.9 Å². The number of anilines is 1. The van der Waals surface area contributed by atoms with Gasteiger partial charge in [-0.2, -0.15) is 5.10 Å². The third kappa shape index (κ3) is 1.44. The smallest absolute Gasteiger partial charge is 0.129 e. The topological polar surface area (TPSA) is 68.9 Å². The monoisotopic (exact) mass is 242 g/mol. The highest BCUT2D eigenvalue weighted by atomic mass is 16.5. The minimum absolute atomic E-state index is 0.642. The number of aromatic amines is 1. The molecule has 0 amide bonds. The van der Waals surface area contributed by atoms with E-state index < -0.39 is 0 Å². The molecule has 0 saturated carbocycles. The van der Waals surface area contributed by atoms with Crippen LogP contribution < -0.4 is 10.5 Å². The summed E-state index contributed by atoms with van der Waals surface area (Å²) in [7, 11) is 3.49. The van der Waals surface area contributed by atoms with Crippen LogP contribution in [0.4, 0.5) is 5.82 Å². The van der Waals surface area contributed by atoms with Crippen molar-refractivity contribution < 1.29 is 4.74 Å². The van der Waals surface area contributed by atoms with Gasteiger partial charge in [0.1, 0.15) is 11.6 Å². The van der Waals surface area contributed by atoms with E-state index in [1.54, 1.807) is 18.0 Å². The normalized spacial score (nSPS) is 11.0. The Bertz CT molecular complexity index is 711. The molecule has 3 aromatic rings. The Labute approximate surface area is 104 Å². The van der Waals surface area contributed by atoms with Gasteiger partial charge in [0.05, 0.1) is 13.3 Å². The van der Waals surface area contributed by atoms with Crippen LogP contribution in [0.3, 0.4) is 0 Å². The van der Waals surface area contributed by atoms with Gasteiger partial charge in [0.2, 0.25) is 0 Å². The molecular formula is C13H14N4O. The van der Waals surface area contributed by atoms with Gasteiger partial charge < -0.3 is 15.5 Å². The lowest BCUT2D eigenvalue weighted by molar-refractivity contribution is 0.420. The summed E-state index contributed by atoms with van der Waals surface area (Å²) in [5.41, 5.74) is 8.92. The largest absolute Gasteiger partial charge is 0.496 e. The molecule has 0 unspecified atom stereocenters. The predicted octanol–water partition coefficient (Wildman–Crippen LogP) is 2.16. The number of nitrogens with zero attached hydrogens (tertiary/aromatic N) is 2. The second-order valence-corrected chi connectivity index (χ2v) is 4.18. The van der Waals surface area contributed by atoms with Crippen LogP contribution in [0.25, 0.3) is 22.0 Å². The number of aromatic nitrogens is 3. The fraction of sp³-hybridized carbons (Fsp3) is 0.154. The van der Waals surface area contributed by atoms with Crippen LogP contribution in [0, 0.1) is 0 Å². The summed E-state index contributed by atoms with van der Waals surface area (Å²) >= 11 is 0. The van der Waals surface area contributed by atoms with Crippen molar-refractivity contribution in [3.05, 3.63) is 30.6 Å². The first-order chi connectivity index (χ1) is 8.70. The van der Waals surface area contributed by atoms with Crippen molar-refractivity contribution in [2.75, 3.05) is 12.8 Å². The van der Waals surface area contributed by atoms with Crippen molar-refractivity contribution >= 4 is 16.7 Å². The van der Waals surface area contributed by atoms with Crippen LogP contribution in [0.2, 0.25) is 0 Å². The molecule has 0 aliphatic heterocycles. The Morgan fingerprint density at radius 1 is 1.39 bits per heavy atom. The maximum atomic E-state index is 5.99. The molecule has 5 nitrogen and oxygen atoms in total. The van der Waals surface area contributed by atoms with Crippen LogP contribution >= 0.6 is 0 Å². The maximum absolute atomic E-state index is 5.99. The molecule has 3 N–H and O–H groups in total. The van der Waals surface area contributed by atoms with E-state index in [2.05, 4.69) is 10.1 Å². The van der Waals surface area contributed by atoms with Gasteiger partial charge in [0.15, 0.2) is 0 Å². The highest BCUT2D eigenvalue weighted by Crippen LogP contribution is 2.33. The average Bonchev–Trinajstić information content (AvgIpc) is 2.96. The molecule has 2 heterocycles. The molecule has 2 aromatic heterocycles. The summed E-state index contributed by atoms with van der Waals surface area (Å²) in [4.78, 5) is 3.18. The third-order valence-corrected chi connectivity index (χ3v) is 3.15. The fourth-order valence-corrected chi connectivity index (χ4v) is 2.13. The fourth-order valence-electron chi connectivity index (χ4n) is 2.13. The van der Waals surface area contributed by atoms with E-state index in [4.69, 9.17) is 10.5 Å². The molecular weight excluding hydrogens is 228 g/mol. The zero-order valence-electron chi connectivity index (χ0n) is 10.3. The van der Waals surface area contributed by atoms with Crippen molar-refractivity contribution in [1.29, 1.82) is 0 Å². The van der Waals surface area contributed by atoms with Gasteiger partial charge in [0.25, 0.3) is 0 Å². The standard InChI is InChI=1S/C13H14N4O/c1-17-13(14)10(7-16-17)8-5-11-9(3-4-15-11)12(6-8)18-2/h3-7,15H,14H2,1-2H3. The Morgan fingerprint density at radius 3 is 2.89 bits per heavy atom. The summed E-state index contributed by atoms with van der Waals surface area (Å²) in [5.74, 6) is 1.47. The van der Waals surface area contributed by atoms with Crippen molar-refractivity contribution in [2.24, 2.45) is 7.05 Å². The molecule has 0 fully saturated rings. The van der Waals surface area contributed by atoms with Gasteiger partial charge in [-0.15, -0.1) is 0 Å². The van der Waals surface area contributed by atoms with Crippen molar-refractivity contribution in [3.63, 3.8) is 0 Å². The summed E-state index contributed by atoms with van der Waals surface area (Å²) in [6.45, 7) is 0. The summed E-state index contributed by atoms with van der Waals surface area (Å²) in [6.07, 6.45) is 3.66. The van der Waals surface area contributed by atoms with E-state index in [0.29, 0.717) is 5.82 Å². The number of nitrogens with two attached hydrogens (primary N) is 1. The van der Waals surface area contributed by atoms with Crippen LogP contribution in [-0.4, -0.2) is 21.9 Å². The van der Waals surface area contributed by atoms with Gasteiger partial charge in [-0.3, -0.25) is 4.68 Å². The number of aryl methyl sites for hydroxylation is 1. The van der Waals surface area contributed by atoms with Crippen molar-refractivity contribution in [2.45, 2.75) is 0 Å². The maximum Gasteiger partial charge on any atom is 0.129 e. The van der Waals surface area contributed by atoms with Crippen LogP contribution in [0.5, 0.6) is 5.75 Å². The highest BCUT2D eigenvalue weighted by Gasteiger charge is 2.11. The Morgan fingerprint density at radius 2 is 2.22 bits per heavy atom. The summed E-state index contributed by atoms with van der Waals surface area (Å²) in [5, 5.41) is 5.22. The van der Waals surface area contributed by atoms with Crippen molar-refractivity contribution in [1.82, 2.24) is 14.8 Å². The lowest BCUT2D eigenvalue weighted by Crippen LogP contribution is -1.98. The number of rotatable bonds is 2. The number of nitrogen functional groups attached to an aromatic ring is 1. The molecule has 18 heavy (non-hydrogen) atoms. The SMILES string of the molecule is COc1cc(-c2cnn(C)c2N)cc2[nH]ccc12. The number of nitrogens with one attached hydrogen (secondary N) is 1. The Balaban J connectivity index is 2.26. The first-order valence-electron chi connectivity index (χ1n) is 5.63. The number of H-pyrrole nitrogens is 1. The Kier molecular flexibility index (Phi) is 2.26. The van der Waals surface area contributed by atoms with Crippen LogP contribution in [0.15, 0.2) is 30.6 Å². The number of fused-ring (bicyclic) bond motifs is 1. The van der Waals surface area contributed by atoms with E-state index in [9.17, 15) is 0 Å². The molecule has 0 aliphatic carbocycles. The van der Waals surface area contributed by atoms with Gasteiger partial charge in [-0.05, 0) is 23.8 Å². The van der Waals surface area contributed by atoms with E-state index >= 15 is 0 Å². The molecule has 5 heteroatoms. The quantitative estimate of drug-likeness (QED) is 0.723. The zero-order valence-corrected chi connectivity index (χ0v) is 10.3. The molecule has 0 bridgehead atoms. The van der Waals surface area contributed by atoms with Gasteiger partial charge in [-0.25, -0.2) is 0 Å². The molecule has 0 spiro atoms. The first-order valence-corrected chi connectivity index (χ1v) is 5.63. The van der Waals surface area contributed by atoms with E-state index in [1.807, 2.05) is 31.4 Å². The first kappa shape index (κ1) is 10.7. The molecule has 3 rings (SSSR count). The number of ether oxygens (including phenoxy) is 1. The van der Waals surface area contributed by atoms with Gasteiger partial charge >= 0.3 is 0 Å². The molecule has 92 valence electrons. The Hall–Kier alpha value is -2.43. The molecule has 0 saturated heterocycles. The van der Waals surface area contributed by atoms with E-state index in [0.717, 1.165) is 27.8 Å². The molecule has 0 atom stereocenters.